The van der Waals surface area contributed by atoms with Crippen LogP contribution in [0.15, 0.2) is 18.2 Å². The Morgan fingerprint density at radius 1 is 1.24 bits per heavy atom. The predicted octanol–water partition coefficient (Wildman–Crippen LogP) is 2.65. The molecule has 0 saturated heterocycles. The molecule has 1 rings (SSSR count). The summed E-state index contributed by atoms with van der Waals surface area (Å²) in [5, 5.41) is 0.711. The van der Waals surface area contributed by atoms with Gasteiger partial charge in [0, 0.05) is 11.6 Å². The molecule has 0 saturated carbocycles. The number of rotatable bonds is 8. The summed E-state index contributed by atoms with van der Waals surface area (Å²) in [5.41, 5.74) is 6.60. The van der Waals surface area contributed by atoms with Crippen molar-refractivity contribution in [3.63, 3.8) is 0 Å². The lowest BCUT2D eigenvalue weighted by atomic mass is 10.1. The monoisotopic (exact) mass is 257 g/mol. The number of hydrogen-bond acceptors (Lipinski definition) is 3. The highest BCUT2D eigenvalue weighted by Crippen LogP contribution is 2.23. The van der Waals surface area contributed by atoms with E-state index in [4.69, 9.17) is 26.8 Å². The summed E-state index contributed by atoms with van der Waals surface area (Å²) in [6.07, 6.45) is 1.80. The summed E-state index contributed by atoms with van der Waals surface area (Å²) in [4.78, 5) is 0. The molecule has 0 unspecified atom stereocenters. The van der Waals surface area contributed by atoms with Crippen molar-refractivity contribution in [1.29, 1.82) is 0 Å². The Labute approximate surface area is 108 Å². The van der Waals surface area contributed by atoms with Crippen LogP contribution in [0.2, 0.25) is 5.02 Å². The fourth-order valence-electron chi connectivity index (χ4n) is 1.50. The quantitative estimate of drug-likeness (QED) is 0.728. The van der Waals surface area contributed by atoms with Crippen molar-refractivity contribution in [2.45, 2.75) is 19.8 Å². The fourth-order valence-corrected chi connectivity index (χ4v) is 1.69. The van der Waals surface area contributed by atoms with Crippen LogP contribution in [-0.2, 0) is 11.2 Å². The van der Waals surface area contributed by atoms with Gasteiger partial charge in [-0.15, -0.1) is 0 Å². The smallest absolute Gasteiger partial charge is 0.122 e. The van der Waals surface area contributed by atoms with E-state index in [2.05, 4.69) is 6.92 Å². The third kappa shape index (κ3) is 5.39. The second kappa shape index (κ2) is 8.34. The predicted molar refractivity (Wildman–Crippen MR) is 70.8 cm³/mol. The van der Waals surface area contributed by atoms with E-state index in [0.29, 0.717) is 24.8 Å². The minimum atomic E-state index is 0.555. The van der Waals surface area contributed by atoms with E-state index in [-0.39, 0.29) is 0 Å². The first-order chi connectivity index (χ1) is 8.27. The summed E-state index contributed by atoms with van der Waals surface area (Å²) in [6, 6.07) is 5.60. The minimum Gasteiger partial charge on any atom is -0.491 e. The summed E-state index contributed by atoms with van der Waals surface area (Å²) < 4.78 is 11.0. The van der Waals surface area contributed by atoms with Crippen molar-refractivity contribution < 1.29 is 9.47 Å². The minimum absolute atomic E-state index is 0.555. The molecule has 0 aromatic heterocycles. The van der Waals surface area contributed by atoms with Crippen LogP contribution in [0, 0.1) is 0 Å². The van der Waals surface area contributed by atoms with Gasteiger partial charge in [0.2, 0.25) is 0 Å². The largest absolute Gasteiger partial charge is 0.491 e. The van der Waals surface area contributed by atoms with Crippen LogP contribution < -0.4 is 10.5 Å². The van der Waals surface area contributed by atoms with Gasteiger partial charge in [-0.1, -0.05) is 18.5 Å². The lowest BCUT2D eigenvalue weighted by Crippen LogP contribution is -2.10. The van der Waals surface area contributed by atoms with Crippen molar-refractivity contribution in [1.82, 2.24) is 0 Å². The molecule has 96 valence electrons. The van der Waals surface area contributed by atoms with Gasteiger partial charge in [0.1, 0.15) is 12.4 Å². The SMILES string of the molecule is CCCOCCOc1ccc(Cl)cc1CCN. The molecule has 4 heteroatoms. The topological polar surface area (TPSA) is 44.5 Å². The first kappa shape index (κ1) is 14.3. The summed E-state index contributed by atoms with van der Waals surface area (Å²) >= 11 is 5.93. The molecule has 0 bridgehead atoms. The average Bonchev–Trinajstić information content (AvgIpc) is 2.32. The van der Waals surface area contributed by atoms with Crippen molar-refractivity contribution in [3.05, 3.63) is 28.8 Å². The maximum absolute atomic E-state index is 5.93. The third-order valence-corrected chi connectivity index (χ3v) is 2.51. The Balaban J connectivity index is 2.45. The molecule has 17 heavy (non-hydrogen) atoms. The Hall–Kier alpha value is -0.770. The highest BCUT2D eigenvalue weighted by atomic mass is 35.5. The van der Waals surface area contributed by atoms with E-state index in [1.807, 2.05) is 18.2 Å². The van der Waals surface area contributed by atoms with Gasteiger partial charge >= 0.3 is 0 Å². The van der Waals surface area contributed by atoms with Crippen LogP contribution in [0.1, 0.15) is 18.9 Å². The summed E-state index contributed by atoms with van der Waals surface area (Å²) in [6.45, 7) is 4.61. The average molecular weight is 258 g/mol. The lowest BCUT2D eigenvalue weighted by molar-refractivity contribution is 0.100. The highest BCUT2D eigenvalue weighted by Gasteiger charge is 2.04. The Morgan fingerprint density at radius 2 is 2.06 bits per heavy atom. The standard InChI is InChI=1S/C13H20ClNO2/c1-2-7-16-8-9-17-13-4-3-12(14)10-11(13)5-6-15/h3-4,10H,2,5-9,15H2,1H3. The number of nitrogens with two attached hydrogens (primary N) is 1. The Morgan fingerprint density at radius 3 is 2.76 bits per heavy atom. The van der Waals surface area contributed by atoms with E-state index in [0.717, 1.165) is 30.8 Å². The first-order valence-electron chi connectivity index (χ1n) is 5.97. The Bertz CT molecular complexity index is 331. The van der Waals surface area contributed by atoms with Gasteiger partial charge in [-0.05, 0) is 43.1 Å². The second-order valence-corrected chi connectivity index (χ2v) is 4.19. The van der Waals surface area contributed by atoms with Crippen molar-refractivity contribution >= 4 is 11.6 Å². The molecular formula is C13H20ClNO2. The maximum Gasteiger partial charge on any atom is 0.122 e. The first-order valence-corrected chi connectivity index (χ1v) is 6.34. The molecule has 0 aliphatic heterocycles. The second-order valence-electron chi connectivity index (χ2n) is 3.75. The summed E-state index contributed by atoms with van der Waals surface area (Å²) in [7, 11) is 0. The van der Waals surface area contributed by atoms with Gasteiger partial charge < -0.3 is 15.2 Å². The fraction of sp³-hybridized carbons (Fsp3) is 0.538. The van der Waals surface area contributed by atoms with E-state index >= 15 is 0 Å². The number of hydrogen-bond donors (Lipinski definition) is 1. The summed E-state index contributed by atoms with van der Waals surface area (Å²) in [5.74, 6) is 0.847. The van der Waals surface area contributed by atoms with Gasteiger partial charge in [-0.2, -0.15) is 0 Å². The van der Waals surface area contributed by atoms with Gasteiger partial charge in [-0.25, -0.2) is 0 Å². The van der Waals surface area contributed by atoms with E-state index in [1.165, 1.54) is 0 Å². The molecule has 0 aliphatic carbocycles. The number of benzene rings is 1. The van der Waals surface area contributed by atoms with Gasteiger partial charge in [0.05, 0.1) is 6.61 Å². The molecule has 0 spiro atoms. The van der Waals surface area contributed by atoms with Gasteiger partial charge in [0.25, 0.3) is 0 Å². The van der Waals surface area contributed by atoms with Crippen LogP contribution in [-0.4, -0.2) is 26.4 Å². The third-order valence-electron chi connectivity index (χ3n) is 2.27. The molecule has 1 aromatic carbocycles. The van der Waals surface area contributed by atoms with Crippen LogP contribution in [0.3, 0.4) is 0 Å². The van der Waals surface area contributed by atoms with Crippen molar-refractivity contribution in [2.75, 3.05) is 26.4 Å². The van der Waals surface area contributed by atoms with E-state index in [1.54, 1.807) is 0 Å². The molecule has 2 N–H and O–H groups in total. The Kier molecular flexibility index (Phi) is 7.01. The normalized spacial score (nSPS) is 10.5. The van der Waals surface area contributed by atoms with Gasteiger partial charge in [-0.3, -0.25) is 0 Å². The molecule has 0 radical (unpaired) electrons. The zero-order chi connectivity index (χ0) is 12.5. The molecule has 1 aromatic rings. The van der Waals surface area contributed by atoms with Crippen molar-refractivity contribution in [2.24, 2.45) is 5.73 Å². The molecular weight excluding hydrogens is 238 g/mol. The zero-order valence-corrected chi connectivity index (χ0v) is 11.0. The van der Waals surface area contributed by atoms with E-state index < -0.39 is 0 Å². The maximum atomic E-state index is 5.93. The van der Waals surface area contributed by atoms with Crippen LogP contribution in [0.5, 0.6) is 5.75 Å². The van der Waals surface area contributed by atoms with Crippen LogP contribution in [0.25, 0.3) is 0 Å². The molecule has 0 aliphatic rings. The van der Waals surface area contributed by atoms with Crippen LogP contribution >= 0.6 is 11.6 Å². The number of halogens is 1. The molecule has 0 amide bonds. The lowest BCUT2D eigenvalue weighted by Gasteiger charge is -2.11. The van der Waals surface area contributed by atoms with E-state index in [9.17, 15) is 0 Å². The van der Waals surface area contributed by atoms with Gasteiger partial charge in [0.15, 0.2) is 0 Å². The molecule has 0 heterocycles. The van der Waals surface area contributed by atoms with Crippen LogP contribution in [0.4, 0.5) is 0 Å². The zero-order valence-electron chi connectivity index (χ0n) is 10.2. The number of ether oxygens (including phenoxy) is 2. The molecule has 0 fully saturated rings. The molecule has 0 atom stereocenters. The highest BCUT2D eigenvalue weighted by molar-refractivity contribution is 6.30. The molecule has 3 nitrogen and oxygen atoms in total. The van der Waals surface area contributed by atoms with Crippen molar-refractivity contribution in [3.8, 4) is 5.75 Å².